The molecule has 2 amide bonds. The highest BCUT2D eigenvalue weighted by Gasteiger charge is 2.21. The van der Waals surface area contributed by atoms with Crippen molar-refractivity contribution in [3.63, 3.8) is 0 Å². The molecule has 104 valence electrons. The van der Waals surface area contributed by atoms with Crippen LogP contribution < -0.4 is 10.7 Å². The van der Waals surface area contributed by atoms with Crippen molar-refractivity contribution in [3.8, 4) is 6.07 Å². The number of nitrogens with zero attached hydrogens (tertiary/aromatic N) is 2. The molecule has 9 heteroatoms. The Morgan fingerprint density at radius 1 is 1.35 bits per heavy atom. The number of halogens is 2. The third kappa shape index (κ3) is 4.50. The van der Waals surface area contributed by atoms with Crippen LogP contribution in [0.2, 0.25) is 10.0 Å². The maximum Gasteiger partial charge on any atom is 0.260 e. The Labute approximate surface area is 123 Å². The van der Waals surface area contributed by atoms with E-state index in [-0.39, 0.29) is 5.02 Å². The van der Waals surface area contributed by atoms with Crippen LogP contribution in [0.3, 0.4) is 0 Å². The van der Waals surface area contributed by atoms with Gasteiger partial charge < -0.3 is 5.32 Å². The fourth-order valence-corrected chi connectivity index (χ4v) is 1.59. The van der Waals surface area contributed by atoms with Crippen LogP contribution >= 0.6 is 23.2 Å². The fraction of sp³-hybridized carbons (Fsp3) is 0.182. The molecule has 20 heavy (non-hydrogen) atoms. The molecule has 0 aliphatic carbocycles. The van der Waals surface area contributed by atoms with Crippen LogP contribution in [0.5, 0.6) is 0 Å². The van der Waals surface area contributed by atoms with Gasteiger partial charge in [-0.05, 0) is 18.2 Å². The Hall–Kier alpha value is -2.17. The maximum atomic E-state index is 11.7. The average Bonchev–Trinajstić information content (AvgIpc) is 2.40. The summed E-state index contributed by atoms with van der Waals surface area (Å²) in [5.41, 5.74) is 1.94. The van der Waals surface area contributed by atoms with Gasteiger partial charge in [0.1, 0.15) is 5.92 Å². The highest BCUT2D eigenvalue weighted by Crippen LogP contribution is 2.25. The van der Waals surface area contributed by atoms with Gasteiger partial charge in [0.2, 0.25) is 5.91 Å². The zero-order valence-corrected chi connectivity index (χ0v) is 11.4. The molecule has 1 unspecified atom stereocenters. The van der Waals surface area contributed by atoms with Crippen molar-refractivity contribution < 1.29 is 9.59 Å². The molecule has 0 aliphatic heterocycles. The monoisotopic (exact) mass is 314 g/mol. The van der Waals surface area contributed by atoms with E-state index >= 15 is 0 Å². The number of rotatable bonds is 5. The van der Waals surface area contributed by atoms with Gasteiger partial charge in [0.15, 0.2) is 0 Å². The summed E-state index contributed by atoms with van der Waals surface area (Å²) < 4.78 is 0. The fourth-order valence-electron chi connectivity index (χ4n) is 1.29. The van der Waals surface area contributed by atoms with Crippen molar-refractivity contribution in [2.75, 3.05) is 5.32 Å². The minimum absolute atomic E-state index is 0.254. The Morgan fingerprint density at radius 3 is 2.60 bits per heavy atom. The van der Waals surface area contributed by atoms with Gasteiger partial charge in [-0.2, -0.15) is 5.26 Å². The maximum absolute atomic E-state index is 11.7. The van der Waals surface area contributed by atoms with Crippen molar-refractivity contribution in [3.05, 3.63) is 33.2 Å². The molecule has 0 saturated heterocycles. The molecule has 0 fully saturated rings. The van der Waals surface area contributed by atoms with E-state index < -0.39 is 24.2 Å². The third-order valence-corrected chi connectivity index (χ3v) is 2.96. The topological polar surface area (TPSA) is 111 Å². The van der Waals surface area contributed by atoms with E-state index in [2.05, 4.69) is 10.6 Å². The summed E-state index contributed by atoms with van der Waals surface area (Å²) in [6.45, 7) is 0. The van der Waals surface area contributed by atoms with E-state index in [1.165, 1.54) is 18.2 Å². The normalized spacial score (nSPS) is 11.1. The lowest BCUT2D eigenvalue weighted by atomic mass is 10.1. The quantitative estimate of drug-likeness (QED) is 0.641. The predicted molar refractivity (Wildman–Crippen MR) is 72.7 cm³/mol. The highest BCUT2D eigenvalue weighted by molar-refractivity contribution is 6.42. The molecule has 0 aromatic heterocycles. The SMILES string of the molecule is N#CC(CC(=O)Nc1ccc(Cl)c(Cl)c1)C(=O)NN=O. The van der Waals surface area contributed by atoms with E-state index in [1.54, 1.807) is 11.5 Å². The molecule has 2 N–H and O–H groups in total. The molecule has 0 heterocycles. The van der Waals surface area contributed by atoms with Crippen LogP contribution in [0.4, 0.5) is 5.69 Å². The number of nitriles is 1. The number of carbonyl (C=O) groups is 2. The molecule has 0 radical (unpaired) electrons. The summed E-state index contributed by atoms with van der Waals surface area (Å²) >= 11 is 11.5. The van der Waals surface area contributed by atoms with E-state index in [9.17, 15) is 14.5 Å². The number of hydrogen-bond acceptors (Lipinski definition) is 5. The van der Waals surface area contributed by atoms with Gasteiger partial charge in [-0.15, -0.1) is 4.91 Å². The molecule has 1 atom stereocenters. The molecule has 7 nitrogen and oxygen atoms in total. The smallest absolute Gasteiger partial charge is 0.260 e. The largest absolute Gasteiger partial charge is 0.326 e. The van der Waals surface area contributed by atoms with Gasteiger partial charge in [-0.1, -0.05) is 23.2 Å². The number of hydrogen-bond donors (Lipinski definition) is 2. The first-order chi connectivity index (χ1) is 9.47. The second-order valence-electron chi connectivity index (χ2n) is 3.63. The second-order valence-corrected chi connectivity index (χ2v) is 4.44. The summed E-state index contributed by atoms with van der Waals surface area (Å²) in [5.74, 6) is -2.83. The zero-order chi connectivity index (χ0) is 15.1. The van der Waals surface area contributed by atoms with Crippen LogP contribution in [-0.2, 0) is 9.59 Å². The van der Waals surface area contributed by atoms with Crippen molar-refractivity contribution in [2.24, 2.45) is 11.2 Å². The summed E-state index contributed by atoms with van der Waals surface area (Å²) in [4.78, 5) is 32.7. The van der Waals surface area contributed by atoms with Crippen molar-refractivity contribution in [1.82, 2.24) is 5.43 Å². The first-order valence-electron chi connectivity index (χ1n) is 5.24. The standard InChI is InChI=1S/C11H8Cl2N4O3/c12-8-2-1-7(4-9(8)13)15-10(18)3-6(5-14)11(19)16-17-20/h1-2,4,6H,3H2,(H,15,18)(H,16,19,20). The minimum atomic E-state index is -1.31. The van der Waals surface area contributed by atoms with Gasteiger partial charge in [-0.3, -0.25) is 9.59 Å². The van der Waals surface area contributed by atoms with Crippen LogP contribution in [-0.4, -0.2) is 11.8 Å². The number of carbonyl (C=O) groups excluding carboxylic acids is 2. The summed E-state index contributed by atoms with van der Waals surface area (Å²) in [5, 5.41) is 13.9. The number of nitrogens with one attached hydrogen (secondary N) is 2. The van der Waals surface area contributed by atoms with Gasteiger partial charge in [0, 0.05) is 5.69 Å². The zero-order valence-electron chi connectivity index (χ0n) is 9.89. The number of benzene rings is 1. The Morgan fingerprint density at radius 2 is 2.05 bits per heavy atom. The molecule has 1 aromatic carbocycles. The van der Waals surface area contributed by atoms with Crippen LogP contribution in [0.15, 0.2) is 23.5 Å². The van der Waals surface area contributed by atoms with E-state index in [4.69, 9.17) is 28.5 Å². The van der Waals surface area contributed by atoms with Crippen molar-refractivity contribution >= 4 is 40.7 Å². The highest BCUT2D eigenvalue weighted by atomic mass is 35.5. The number of amides is 2. The van der Waals surface area contributed by atoms with E-state index in [0.29, 0.717) is 10.7 Å². The molecule has 1 rings (SSSR count). The third-order valence-electron chi connectivity index (χ3n) is 2.22. The van der Waals surface area contributed by atoms with Gasteiger partial charge in [-0.25, -0.2) is 5.43 Å². The lowest BCUT2D eigenvalue weighted by Crippen LogP contribution is -2.29. The lowest BCUT2D eigenvalue weighted by molar-refractivity contribution is -0.126. The first-order valence-corrected chi connectivity index (χ1v) is 6.00. The van der Waals surface area contributed by atoms with Crippen molar-refractivity contribution in [2.45, 2.75) is 6.42 Å². The molecule has 0 saturated carbocycles. The summed E-state index contributed by atoms with van der Waals surface area (Å²) in [6.07, 6.45) is -0.419. The lowest BCUT2D eigenvalue weighted by Gasteiger charge is -2.08. The van der Waals surface area contributed by atoms with Crippen LogP contribution in [0.25, 0.3) is 0 Å². The Kier molecular flexibility index (Phi) is 5.90. The molecule has 0 spiro atoms. The van der Waals surface area contributed by atoms with Crippen molar-refractivity contribution in [1.29, 1.82) is 5.26 Å². The predicted octanol–water partition coefficient (Wildman–Crippen LogP) is 2.26. The Bertz CT molecular complexity index is 586. The number of nitroso groups, excluding NO2 is 1. The average molecular weight is 315 g/mol. The van der Waals surface area contributed by atoms with Gasteiger partial charge in [0.25, 0.3) is 5.91 Å². The number of anilines is 1. The van der Waals surface area contributed by atoms with Crippen LogP contribution in [0.1, 0.15) is 6.42 Å². The van der Waals surface area contributed by atoms with Crippen LogP contribution in [0, 0.1) is 22.2 Å². The molecule has 0 aliphatic rings. The second kappa shape index (κ2) is 7.43. The molecular weight excluding hydrogens is 307 g/mol. The summed E-state index contributed by atoms with van der Waals surface area (Å²) in [6, 6.07) is 6.04. The van der Waals surface area contributed by atoms with E-state index in [0.717, 1.165) is 0 Å². The molecule has 0 bridgehead atoms. The molecular formula is C11H8Cl2N4O3. The summed E-state index contributed by atoms with van der Waals surface area (Å²) in [7, 11) is 0. The first kappa shape index (κ1) is 15.9. The Balaban J connectivity index is 2.67. The van der Waals surface area contributed by atoms with E-state index in [1.807, 2.05) is 0 Å². The molecule has 1 aromatic rings. The van der Waals surface area contributed by atoms with Gasteiger partial charge >= 0.3 is 0 Å². The minimum Gasteiger partial charge on any atom is -0.326 e. The van der Waals surface area contributed by atoms with Gasteiger partial charge in [0.05, 0.1) is 27.8 Å².